The van der Waals surface area contributed by atoms with Crippen LogP contribution in [0.15, 0.2) is 30.3 Å². The summed E-state index contributed by atoms with van der Waals surface area (Å²) in [5, 5.41) is 11.9. The molecule has 0 spiro atoms. The van der Waals surface area contributed by atoms with Crippen LogP contribution >= 0.6 is 0 Å². The molecule has 2 N–H and O–H groups in total. The van der Waals surface area contributed by atoms with Gasteiger partial charge >= 0.3 is 5.97 Å². The number of hydrogen-bond acceptors (Lipinski definition) is 2. The summed E-state index contributed by atoms with van der Waals surface area (Å²) in [6.07, 6.45) is 5.41. The average Bonchev–Trinajstić information content (AvgIpc) is 2.36. The summed E-state index contributed by atoms with van der Waals surface area (Å²) in [7, 11) is 0. The van der Waals surface area contributed by atoms with Gasteiger partial charge in [-0.25, -0.2) is 0 Å². The summed E-state index contributed by atoms with van der Waals surface area (Å²) in [6, 6.07) is 7.77. The van der Waals surface area contributed by atoms with Crippen molar-refractivity contribution < 1.29 is 14.7 Å². The first-order valence-electron chi connectivity index (χ1n) is 6.78. The fraction of sp³-hybridized carbons (Fsp3) is 0.375. The number of carbonyl (C=O) groups is 2. The lowest BCUT2D eigenvalue weighted by Gasteiger charge is -2.37. The van der Waals surface area contributed by atoms with E-state index in [0.29, 0.717) is 12.8 Å². The predicted octanol–water partition coefficient (Wildman–Crippen LogP) is 2.38. The highest BCUT2D eigenvalue weighted by Crippen LogP contribution is 2.40. The van der Waals surface area contributed by atoms with Gasteiger partial charge in [0.05, 0.1) is 5.41 Å². The molecule has 20 heavy (non-hydrogen) atoms. The monoisotopic (exact) mass is 273 g/mol. The van der Waals surface area contributed by atoms with E-state index in [1.165, 1.54) is 6.08 Å². The van der Waals surface area contributed by atoms with Crippen LogP contribution < -0.4 is 5.32 Å². The first-order valence-corrected chi connectivity index (χ1v) is 6.78. The van der Waals surface area contributed by atoms with Crippen LogP contribution in [-0.2, 0) is 9.59 Å². The number of carbonyl (C=O) groups excluding carboxylic acids is 1. The largest absolute Gasteiger partial charge is 0.481 e. The second-order valence-electron chi connectivity index (χ2n) is 5.35. The van der Waals surface area contributed by atoms with Crippen LogP contribution in [0, 0.1) is 12.3 Å². The lowest BCUT2D eigenvalue weighted by molar-refractivity contribution is -0.154. The molecule has 4 nitrogen and oxygen atoms in total. The Labute approximate surface area is 118 Å². The number of amides is 1. The van der Waals surface area contributed by atoms with Crippen molar-refractivity contribution in [1.82, 2.24) is 5.32 Å². The summed E-state index contributed by atoms with van der Waals surface area (Å²) in [5.74, 6) is -1.06. The molecule has 0 unspecified atom stereocenters. The van der Waals surface area contributed by atoms with Gasteiger partial charge in [-0.05, 0) is 37.0 Å². The van der Waals surface area contributed by atoms with Gasteiger partial charge in [-0.3, -0.25) is 9.59 Å². The normalized spacial score (nSPS) is 16.6. The molecule has 4 heteroatoms. The van der Waals surface area contributed by atoms with Crippen molar-refractivity contribution in [3.05, 3.63) is 41.5 Å². The van der Waals surface area contributed by atoms with Gasteiger partial charge in [0.25, 0.3) is 0 Å². The molecule has 0 radical (unpaired) electrons. The smallest absolute Gasteiger partial charge is 0.311 e. The first kappa shape index (κ1) is 14.3. The Kier molecular flexibility index (Phi) is 4.23. The van der Waals surface area contributed by atoms with E-state index in [1.54, 1.807) is 6.08 Å². The highest BCUT2D eigenvalue weighted by Gasteiger charge is 2.44. The molecule has 0 heterocycles. The first-order chi connectivity index (χ1) is 9.53. The fourth-order valence-corrected chi connectivity index (χ4v) is 2.32. The number of carboxylic acids is 1. The molecule has 1 aliphatic rings. The minimum Gasteiger partial charge on any atom is -0.481 e. The number of aliphatic carboxylic acids is 1. The third-order valence-electron chi connectivity index (χ3n) is 3.97. The number of benzene rings is 1. The van der Waals surface area contributed by atoms with Gasteiger partial charge in [-0.1, -0.05) is 30.7 Å². The zero-order valence-corrected chi connectivity index (χ0v) is 11.6. The van der Waals surface area contributed by atoms with Crippen molar-refractivity contribution in [3.8, 4) is 0 Å². The summed E-state index contributed by atoms with van der Waals surface area (Å²) in [5.41, 5.74) is 1.34. The molecule has 1 saturated carbocycles. The van der Waals surface area contributed by atoms with Crippen molar-refractivity contribution in [1.29, 1.82) is 0 Å². The number of aryl methyl sites for hydroxylation is 1. The van der Waals surface area contributed by atoms with Crippen LogP contribution in [0.3, 0.4) is 0 Å². The zero-order chi connectivity index (χ0) is 14.6. The number of hydrogen-bond donors (Lipinski definition) is 2. The Balaban J connectivity index is 1.90. The van der Waals surface area contributed by atoms with Crippen LogP contribution in [0.1, 0.15) is 30.4 Å². The molecule has 1 aromatic rings. The van der Waals surface area contributed by atoms with Crippen LogP contribution in [0.5, 0.6) is 0 Å². The molecule has 106 valence electrons. The van der Waals surface area contributed by atoms with Crippen molar-refractivity contribution in [2.75, 3.05) is 6.54 Å². The van der Waals surface area contributed by atoms with Gasteiger partial charge in [-0.2, -0.15) is 0 Å². The second kappa shape index (κ2) is 5.90. The summed E-state index contributed by atoms with van der Waals surface area (Å²) < 4.78 is 0. The molecular weight excluding hydrogens is 254 g/mol. The second-order valence-corrected chi connectivity index (χ2v) is 5.35. The third-order valence-corrected chi connectivity index (χ3v) is 3.97. The Morgan fingerprint density at radius 3 is 2.60 bits per heavy atom. The highest BCUT2D eigenvalue weighted by atomic mass is 16.4. The van der Waals surface area contributed by atoms with E-state index in [2.05, 4.69) is 5.32 Å². The number of carboxylic acid groups (broad SMARTS) is 1. The van der Waals surface area contributed by atoms with Crippen molar-refractivity contribution in [3.63, 3.8) is 0 Å². The van der Waals surface area contributed by atoms with E-state index in [4.69, 9.17) is 0 Å². The molecule has 0 aromatic heterocycles. The van der Waals surface area contributed by atoms with Crippen LogP contribution in [0.2, 0.25) is 0 Å². The SMILES string of the molecule is Cc1ccccc1/C=C/C(=O)NCC1(C(=O)O)CCC1. The van der Waals surface area contributed by atoms with Gasteiger partial charge in [0.1, 0.15) is 0 Å². The van der Waals surface area contributed by atoms with Crippen LogP contribution in [-0.4, -0.2) is 23.5 Å². The van der Waals surface area contributed by atoms with Gasteiger partial charge in [-0.15, -0.1) is 0 Å². The minimum absolute atomic E-state index is 0.208. The molecule has 1 amide bonds. The van der Waals surface area contributed by atoms with E-state index < -0.39 is 11.4 Å². The third kappa shape index (κ3) is 3.07. The minimum atomic E-state index is -0.813. The van der Waals surface area contributed by atoms with E-state index in [-0.39, 0.29) is 12.5 Å². The Morgan fingerprint density at radius 1 is 1.35 bits per heavy atom. The summed E-state index contributed by atoms with van der Waals surface area (Å²) >= 11 is 0. The summed E-state index contributed by atoms with van der Waals surface area (Å²) in [4.78, 5) is 22.9. The maximum atomic E-state index is 11.7. The predicted molar refractivity (Wildman–Crippen MR) is 77.1 cm³/mol. The standard InChI is InChI=1S/C16H19NO3/c1-12-5-2-3-6-13(12)7-8-14(18)17-11-16(15(19)20)9-4-10-16/h2-3,5-8H,4,9-11H2,1H3,(H,17,18)(H,19,20)/b8-7+. The molecular formula is C16H19NO3. The molecule has 0 aliphatic heterocycles. The molecule has 0 saturated heterocycles. The summed E-state index contributed by atoms with van der Waals surface area (Å²) in [6.45, 7) is 2.19. The van der Waals surface area contributed by atoms with Crippen LogP contribution in [0.25, 0.3) is 6.08 Å². The molecule has 0 bridgehead atoms. The highest BCUT2D eigenvalue weighted by molar-refractivity contribution is 5.92. The molecule has 1 fully saturated rings. The Bertz CT molecular complexity index is 544. The van der Waals surface area contributed by atoms with Gasteiger partial charge in [0.15, 0.2) is 0 Å². The lowest BCUT2D eigenvalue weighted by Crippen LogP contribution is -2.47. The van der Waals surface area contributed by atoms with Gasteiger partial charge in [0.2, 0.25) is 5.91 Å². The number of rotatable bonds is 5. The topological polar surface area (TPSA) is 66.4 Å². The fourth-order valence-electron chi connectivity index (χ4n) is 2.32. The van der Waals surface area contributed by atoms with Crippen molar-refractivity contribution in [2.45, 2.75) is 26.2 Å². The Hall–Kier alpha value is -2.10. The van der Waals surface area contributed by atoms with E-state index >= 15 is 0 Å². The number of nitrogens with one attached hydrogen (secondary N) is 1. The van der Waals surface area contributed by atoms with E-state index in [1.807, 2.05) is 31.2 Å². The average molecular weight is 273 g/mol. The van der Waals surface area contributed by atoms with Crippen molar-refractivity contribution >= 4 is 18.0 Å². The molecule has 1 aliphatic carbocycles. The zero-order valence-electron chi connectivity index (χ0n) is 11.6. The molecule has 2 rings (SSSR count). The van der Waals surface area contributed by atoms with Crippen molar-refractivity contribution in [2.24, 2.45) is 5.41 Å². The maximum absolute atomic E-state index is 11.7. The molecule has 1 aromatic carbocycles. The van der Waals surface area contributed by atoms with Gasteiger partial charge < -0.3 is 10.4 Å². The van der Waals surface area contributed by atoms with Gasteiger partial charge in [0, 0.05) is 12.6 Å². The lowest BCUT2D eigenvalue weighted by atomic mass is 9.69. The maximum Gasteiger partial charge on any atom is 0.311 e. The van der Waals surface area contributed by atoms with E-state index in [0.717, 1.165) is 17.5 Å². The van der Waals surface area contributed by atoms with E-state index in [9.17, 15) is 14.7 Å². The quantitative estimate of drug-likeness (QED) is 0.809. The Morgan fingerprint density at radius 2 is 2.05 bits per heavy atom. The molecule has 0 atom stereocenters. The van der Waals surface area contributed by atoms with Crippen LogP contribution in [0.4, 0.5) is 0 Å².